The van der Waals surface area contributed by atoms with Crippen molar-refractivity contribution in [3.8, 4) is 0 Å². The molecule has 1 saturated carbocycles. The van der Waals surface area contributed by atoms with Crippen molar-refractivity contribution in [1.82, 2.24) is 14.7 Å². The van der Waals surface area contributed by atoms with Crippen LogP contribution in [0.5, 0.6) is 0 Å². The predicted molar refractivity (Wildman–Crippen MR) is 86.5 cm³/mol. The third kappa shape index (κ3) is 3.13. The second kappa shape index (κ2) is 6.67. The lowest BCUT2D eigenvalue weighted by Gasteiger charge is -2.47. The van der Waals surface area contributed by atoms with Gasteiger partial charge in [0.2, 0.25) is 0 Å². The first-order chi connectivity index (χ1) is 9.92. The molecule has 1 aromatic rings. The van der Waals surface area contributed by atoms with E-state index >= 15 is 0 Å². The Labute approximate surface area is 133 Å². The van der Waals surface area contributed by atoms with E-state index < -0.39 is 6.10 Å². The molecule has 4 nitrogen and oxygen atoms in total. The summed E-state index contributed by atoms with van der Waals surface area (Å²) in [5, 5.41) is 16.1. The fourth-order valence-corrected chi connectivity index (χ4v) is 3.76. The summed E-state index contributed by atoms with van der Waals surface area (Å²) in [4.78, 5) is 2.18. The molecule has 1 atom stereocenters. The van der Waals surface area contributed by atoms with Crippen LogP contribution in [0.1, 0.15) is 57.7 Å². The average molecular weight is 314 g/mol. The number of hydrogen-bond acceptors (Lipinski definition) is 3. The molecule has 5 heteroatoms. The number of aliphatic hydroxyl groups excluding tert-OH is 1. The number of nitrogens with zero attached hydrogens (tertiary/aromatic N) is 3. The Bertz CT molecular complexity index is 464. The molecule has 0 saturated heterocycles. The van der Waals surface area contributed by atoms with Gasteiger partial charge >= 0.3 is 0 Å². The second-order valence-electron chi connectivity index (χ2n) is 6.68. The lowest BCUT2D eigenvalue weighted by atomic mass is 9.72. The van der Waals surface area contributed by atoms with Crippen LogP contribution in [-0.4, -0.2) is 39.4 Å². The Kier molecular flexibility index (Phi) is 5.33. The van der Waals surface area contributed by atoms with E-state index in [1.165, 1.54) is 0 Å². The largest absolute Gasteiger partial charge is 0.385 e. The minimum atomic E-state index is -0.596. The Morgan fingerprint density at radius 3 is 2.62 bits per heavy atom. The van der Waals surface area contributed by atoms with Gasteiger partial charge in [-0.25, -0.2) is 0 Å². The summed E-state index contributed by atoms with van der Waals surface area (Å²) in [6, 6.07) is 0. The minimum Gasteiger partial charge on any atom is -0.385 e. The van der Waals surface area contributed by atoms with Gasteiger partial charge < -0.3 is 10.0 Å². The maximum Gasteiger partial charge on any atom is 0.115 e. The molecule has 1 fully saturated rings. The van der Waals surface area contributed by atoms with Gasteiger partial charge in [-0.05, 0) is 52.1 Å². The lowest BCUT2D eigenvalue weighted by molar-refractivity contribution is -0.0449. The maximum absolute atomic E-state index is 11.1. The zero-order valence-electron chi connectivity index (χ0n) is 13.6. The number of aliphatic hydroxyl groups is 1. The molecule has 0 aliphatic heterocycles. The van der Waals surface area contributed by atoms with Crippen molar-refractivity contribution >= 4 is 11.6 Å². The van der Waals surface area contributed by atoms with Gasteiger partial charge in [0.05, 0.1) is 22.5 Å². The van der Waals surface area contributed by atoms with Crippen LogP contribution in [0, 0.1) is 5.92 Å². The van der Waals surface area contributed by atoms with E-state index in [4.69, 9.17) is 11.6 Å². The van der Waals surface area contributed by atoms with E-state index in [1.807, 2.05) is 4.68 Å². The van der Waals surface area contributed by atoms with Crippen molar-refractivity contribution in [2.45, 2.75) is 64.1 Å². The molecule has 21 heavy (non-hydrogen) atoms. The molecule has 0 radical (unpaired) electrons. The summed E-state index contributed by atoms with van der Waals surface area (Å²) in [7, 11) is 4.13. The molecule has 1 aliphatic carbocycles. The number of rotatable bonds is 5. The van der Waals surface area contributed by atoms with Gasteiger partial charge in [0.15, 0.2) is 0 Å². The van der Waals surface area contributed by atoms with Gasteiger partial charge in [-0.1, -0.05) is 25.4 Å². The first-order valence-electron chi connectivity index (χ1n) is 7.99. The summed E-state index contributed by atoms with van der Waals surface area (Å²) in [5.74, 6) is 0.737. The van der Waals surface area contributed by atoms with E-state index in [9.17, 15) is 5.11 Å². The average Bonchev–Trinajstić information content (AvgIpc) is 2.80. The van der Waals surface area contributed by atoms with Crippen molar-refractivity contribution < 1.29 is 5.11 Å². The number of aromatic nitrogens is 2. The van der Waals surface area contributed by atoms with Crippen molar-refractivity contribution in [3.63, 3.8) is 0 Å². The van der Waals surface area contributed by atoms with E-state index in [-0.39, 0.29) is 5.54 Å². The fourth-order valence-electron chi connectivity index (χ4n) is 3.52. The van der Waals surface area contributed by atoms with Crippen molar-refractivity contribution in [2.24, 2.45) is 5.92 Å². The lowest BCUT2D eigenvalue weighted by Crippen LogP contribution is -2.52. The van der Waals surface area contributed by atoms with E-state index in [1.54, 1.807) is 6.20 Å². The SMILES string of the molecule is CCCn1ncc(Cl)c1C(O)C1(N(C)C)CCC(C)CC1. The normalized spacial score (nSPS) is 28.0. The Morgan fingerprint density at radius 1 is 1.48 bits per heavy atom. The van der Waals surface area contributed by atoms with Gasteiger partial charge in [-0.15, -0.1) is 0 Å². The second-order valence-corrected chi connectivity index (χ2v) is 7.09. The molecular weight excluding hydrogens is 286 g/mol. The van der Waals surface area contributed by atoms with Crippen LogP contribution in [-0.2, 0) is 6.54 Å². The van der Waals surface area contributed by atoms with E-state index in [0.29, 0.717) is 5.02 Å². The zero-order valence-corrected chi connectivity index (χ0v) is 14.4. The van der Waals surface area contributed by atoms with Crippen LogP contribution in [0.4, 0.5) is 0 Å². The van der Waals surface area contributed by atoms with Gasteiger partial charge in [-0.2, -0.15) is 5.10 Å². The predicted octanol–water partition coefficient (Wildman–Crippen LogP) is 3.49. The van der Waals surface area contributed by atoms with Crippen molar-refractivity contribution in [2.75, 3.05) is 14.1 Å². The molecule has 1 aliphatic rings. The number of likely N-dealkylation sites (N-methyl/N-ethyl adjacent to an activating group) is 1. The summed E-state index contributed by atoms with van der Waals surface area (Å²) in [6.07, 6.45) is 6.32. The van der Waals surface area contributed by atoms with Crippen molar-refractivity contribution in [1.29, 1.82) is 0 Å². The number of hydrogen-bond donors (Lipinski definition) is 1. The minimum absolute atomic E-state index is 0.234. The van der Waals surface area contributed by atoms with Gasteiger partial charge in [0.1, 0.15) is 6.10 Å². The smallest absolute Gasteiger partial charge is 0.115 e. The summed E-state index contributed by atoms with van der Waals surface area (Å²) >= 11 is 6.33. The highest BCUT2D eigenvalue weighted by Gasteiger charge is 2.45. The third-order valence-electron chi connectivity index (χ3n) is 5.07. The molecule has 1 unspecified atom stereocenters. The molecule has 1 heterocycles. The van der Waals surface area contributed by atoms with Crippen LogP contribution in [0.3, 0.4) is 0 Å². The highest BCUT2D eigenvalue weighted by atomic mass is 35.5. The van der Waals surface area contributed by atoms with Gasteiger partial charge in [0, 0.05) is 6.54 Å². The first-order valence-corrected chi connectivity index (χ1v) is 8.37. The van der Waals surface area contributed by atoms with Gasteiger partial charge in [-0.3, -0.25) is 4.68 Å². The van der Waals surface area contributed by atoms with Crippen molar-refractivity contribution in [3.05, 3.63) is 16.9 Å². The zero-order chi connectivity index (χ0) is 15.6. The molecule has 0 bridgehead atoms. The first kappa shape index (κ1) is 16.8. The maximum atomic E-state index is 11.1. The third-order valence-corrected chi connectivity index (χ3v) is 5.36. The molecule has 1 aromatic heterocycles. The Hall–Kier alpha value is -0.580. The molecule has 0 amide bonds. The summed E-state index contributed by atoms with van der Waals surface area (Å²) in [6.45, 7) is 5.19. The van der Waals surface area contributed by atoms with E-state index in [0.717, 1.165) is 50.3 Å². The molecule has 1 N–H and O–H groups in total. The molecule has 2 rings (SSSR count). The monoisotopic (exact) mass is 313 g/mol. The topological polar surface area (TPSA) is 41.3 Å². The summed E-state index contributed by atoms with van der Waals surface area (Å²) < 4.78 is 1.87. The highest BCUT2D eigenvalue weighted by molar-refractivity contribution is 6.31. The van der Waals surface area contributed by atoms with Gasteiger partial charge in [0.25, 0.3) is 0 Å². The molecule has 0 spiro atoms. The highest BCUT2D eigenvalue weighted by Crippen LogP contribution is 2.44. The standard InChI is InChI=1S/C16H28ClN3O/c1-5-10-20-14(13(17)11-18-20)15(21)16(19(3)4)8-6-12(2)7-9-16/h11-12,15,21H,5-10H2,1-4H3. The Morgan fingerprint density at radius 2 is 2.10 bits per heavy atom. The van der Waals surface area contributed by atoms with Crippen LogP contribution in [0.2, 0.25) is 5.02 Å². The molecule has 120 valence electrons. The molecule has 0 aromatic carbocycles. The fraction of sp³-hybridized carbons (Fsp3) is 0.812. The molecular formula is C16H28ClN3O. The van der Waals surface area contributed by atoms with Crippen LogP contribution in [0.15, 0.2) is 6.20 Å². The van der Waals surface area contributed by atoms with E-state index in [2.05, 4.69) is 37.9 Å². The quantitative estimate of drug-likeness (QED) is 0.904. The summed E-state index contributed by atoms with van der Waals surface area (Å²) in [5.41, 5.74) is 0.545. The number of aryl methyl sites for hydroxylation is 1. The van der Waals surface area contributed by atoms with Crippen LogP contribution >= 0.6 is 11.6 Å². The van der Waals surface area contributed by atoms with Crippen LogP contribution < -0.4 is 0 Å². The number of halogens is 1. The Balaban J connectivity index is 2.35. The van der Waals surface area contributed by atoms with Crippen LogP contribution in [0.25, 0.3) is 0 Å².